The second-order valence-electron chi connectivity index (χ2n) is 4.76. The Bertz CT molecular complexity index is 423. The van der Waals surface area contributed by atoms with Crippen LogP contribution < -0.4 is 5.32 Å². The number of thioether (sulfide) groups is 1. The number of hydrogen-bond donors (Lipinski definition) is 1. The molecule has 19 heavy (non-hydrogen) atoms. The summed E-state index contributed by atoms with van der Waals surface area (Å²) in [5, 5.41) is 14.9. The summed E-state index contributed by atoms with van der Waals surface area (Å²) in [6, 6.07) is 0.500. The maximum atomic E-state index is 11.7. The molecule has 2 rings (SSSR count). The lowest BCUT2D eigenvalue weighted by molar-refractivity contribution is -0.120. The van der Waals surface area contributed by atoms with Crippen LogP contribution in [0.4, 0.5) is 0 Å². The van der Waals surface area contributed by atoms with E-state index in [1.54, 1.807) is 11.7 Å². The first kappa shape index (κ1) is 14.3. The van der Waals surface area contributed by atoms with E-state index < -0.39 is 0 Å². The number of likely N-dealkylation sites (N-methyl/N-ethyl adjacent to an activating group) is 1. The molecule has 1 aromatic heterocycles. The summed E-state index contributed by atoms with van der Waals surface area (Å²) >= 11 is 1.50. The van der Waals surface area contributed by atoms with E-state index in [1.807, 2.05) is 0 Å². The molecule has 0 radical (unpaired) electrons. The monoisotopic (exact) mass is 284 g/mol. The van der Waals surface area contributed by atoms with Crippen molar-refractivity contribution in [2.75, 3.05) is 25.9 Å². The minimum atomic E-state index is 0.0999. The summed E-state index contributed by atoms with van der Waals surface area (Å²) in [7, 11) is 3.90. The van der Waals surface area contributed by atoms with Crippen molar-refractivity contribution >= 4 is 17.7 Å². The van der Waals surface area contributed by atoms with Crippen molar-refractivity contribution in [3.63, 3.8) is 0 Å². The number of carbonyl (C=O) groups is 1. The van der Waals surface area contributed by atoms with Crippen LogP contribution in [0, 0.1) is 0 Å². The number of hydrogen-bond acceptors (Lipinski definition) is 6. The van der Waals surface area contributed by atoms with Gasteiger partial charge in [-0.1, -0.05) is 11.8 Å². The highest BCUT2D eigenvalue weighted by molar-refractivity contribution is 7.99. The molecule has 8 heteroatoms. The quantitative estimate of drug-likeness (QED) is 0.735. The zero-order chi connectivity index (χ0) is 13.7. The fraction of sp³-hybridized carbons (Fsp3) is 0.818. The largest absolute Gasteiger partial charge is 0.355 e. The van der Waals surface area contributed by atoms with Gasteiger partial charge in [-0.05, 0) is 36.9 Å². The SMILES string of the molecule is CN1CCCC1CNC(=O)CCSc1nnnn1C. The van der Waals surface area contributed by atoms with E-state index in [2.05, 4.69) is 32.8 Å². The summed E-state index contributed by atoms with van der Waals surface area (Å²) in [6.07, 6.45) is 2.90. The molecule has 0 aromatic carbocycles. The van der Waals surface area contributed by atoms with Crippen LogP contribution >= 0.6 is 11.8 Å². The number of tetrazole rings is 1. The van der Waals surface area contributed by atoms with Crippen LogP contribution in [0.1, 0.15) is 19.3 Å². The smallest absolute Gasteiger partial charge is 0.220 e. The van der Waals surface area contributed by atoms with Crippen LogP contribution in [0.15, 0.2) is 5.16 Å². The van der Waals surface area contributed by atoms with Gasteiger partial charge in [0.2, 0.25) is 11.1 Å². The second-order valence-corrected chi connectivity index (χ2v) is 5.83. The molecule has 0 saturated carbocycles. The zero-order valence-corrected chi connectivity index (χ0v) is 12.2. The van der Waals surface area contributed by atoms with E-state index in [4.69, 9.17) is 0 Å². The Balaban J connectivity index is 1.61. The van der Waals surface area contributed by atoms with E-state index in [-0.39, 0.29) is 5.91 Å². The maximum Gasteiger partial charge on any atom is 0.220 e. The first-order chi connectivity index (χ1) is 9.16. The number of aryl methyl sites for hydroxylation is 1. The fourth-order valence-corrected chi connectivity index (χ4v) is 2.92. The molecule has 1 saturated heterocycles. The van der Waals surface area contributed by atoms with Gasteiger partial charge in [0, 0.05) is 31.8 Å². The third-order valence-corrected chi connectivity index (χ3v) is 4.36. The highest BCUT2D eigenvalue weighted by atomic mass is 32.2. The van der Waals surface area contributed by atoms with Crippen molar-refractivity contribution in [3.05, 3.63) is 0 Å². The maximum absolute atomic E-state index is 11.7. The molecule has 0 aliphatic carbocycles. The van der Waals surface area contributed by atoms with Crippen LogP contribution in [-0.4, -0.2) is 62.9 Å². The fourth-order valence-electron chi connectivity index (χ4n) is 2.14. The topological polar surface area (TPSA) is 75.9 Å². The van der Waals surface area contributed by atoms with E-state index in [9.17, 15) is 4.79 Å². The number of nitrogens with one attached hydrogen (secondary N) is 1. The number of likely N-dealkylation sites (tertiary alicyclic amines) is 1. The van der Waals surface area contributed by atoms with Gasteiger partial charge in [-0.15, -0.1) is 5.10 Å². The Morgan fingerprint density at radius 1 is 1.53 bits per heavy atom. The van der Waals surface area contributed by atoms with E-state index in [0.29, 0.717) is 18.2 Å². The molecule has 1 aliphatic heterocycles. The van der Waals surface area contributed by atoms with Gasteiger partial charge in [-0.25, -0.2) is 4.68 Å². The Labute approximate surface area is 117 Å². The normalized spacial score (nSPS) is 19.8. The van der Waals surface area contributed by atoms with E-state index in [0.717, 1.165) is 18.2 Å². The summed E-state index contributed by atoms with van der Waals surface area (Å²) in [4.78, 5) is 14.0. The molecular weight excluding hydrogens is 264 g/mol. The summed E-state index contributed by atoms with van der Waals surface area (Å²) in [6.45, 7) is 1.89. The van der Waals surface area contributed by atoms with Crippen LogP contribution in [0.2, 0.25) is 0 Å². The Morgan fingerprint density at radius 2 is 2.37 bits per heavy atom. The minimum Gasteiger partial charge on any atom is -0.355 e. The highest BCUT2D eigenvalue weighted by Gasteiger charge is 2.20. The first-order valence-corrected chi connectivity index (χ1v) is 7.47. The number of rotatable bonds is 6. The van der Waals surface area contributed by atoms with E-state index >= 15 is 0 Å². The van der Waals surface area contributed by atoms with Gasteiger partial charge in [0.05, 0.1) is 0 Å². The van der Waals surface area contributed by atoms with Gasteiger partial charge in [-0.2, -0.15) is 0 Å². The third kappa shape index (κ3) is 4.17. The zero-order valence-electron chi connectivity index (χ0n) is 11.4. The predicted molar refractivity (Wildman–Crippen MR) is 72.8 cm³/mol. The van der Waals surface area contributed by atoms with Crippen molar-refractivity contribution in [1.82, 2.24) is 30.4 Å². The van der Waals surface area contributed by atoms with Crippen molar-refractivity contribution in [3.8, 4) is 0 Å². The van der Waals surface area contributed by atoms with Gasteiger partial charge in [0.25, 0.3) is 0 Å². The number of carbonyl (C=O) groups excluding carboxylic acids is 1. The van der Waals surface area contributed by atoms with Gasteiger partial charge < -0.3 is 10.2 Å². The summed E-state index contributed by atoms with van der Waals surface area (Å²) in [5.41, 5.74) is 0. The van der Waals surface area contributed by atoms with Gasteiger partial charge in [0.1, 0.15) is 0 Å². The lowest BCUT2D eigenvalue weighted by atomic mass is 10.2. The van der Waals surface area contributed by atoms with Crippen LogP contribution in [0.5, 0.6) is 0 Å². The number of nitrogens with zero attached hydrogens (tertiary/aromatic N) is 5. The molecule has 1 fully saturated rings. The predicted octanol–water partition coefficient (Wildman–Crippen LogP) is -0.0973. The molecule has 0 spiro atoms. The molecule has 1 aliphatic rings. The molecule has 1 unspecified atom stereocenters. The molecule has 7 nitrogen and oxygen atoms in total. The molecule has 1 atom stereocenters. The molecule has 1 N–H and O–H groups in total. The van der Waals surface area contributed by atoms with Crippen LogP contribution in [0.3, 0.4) is 0 Å². The Kier molecular flexibility index (Phi) is 5.15. The first-order valence-electron chi connectivity index (χ1n) is 6.49. The van der Waals surface area contributed by atoms with Gasteiger partial charge in [0.15, 0.2) is 0 Å². The van der Waals surface area contributed by atoms with Crippen molar-refractivity contribution < 1.29 is 4.79 Å². The molecule has 1 aromatic rings. The lowest BCUT2D eigenvalue weighted by Crippen LogP contribution is -2.38. The van der Waals surface area contributed by atoms with Crippen molar-refractivity contribution in [1.29, 1.82) is 0 Å². The second kappa shape index (κ2) is 6.85. The number of aromatic nitrogens is 4. The molecule has 1 amide bonds. The van der Waals surface area contributed by atoms with Crippen molar-refractivity contribution in [2.24, 2.45) is 7.05 Å². The summed E-state index contributed by atoms with van der Waals surface area (Å²) < 4.78 is 1.61. The van der Waals surface area contributed by atoms with Crippen LogP contribution in [0.25, 0.3) is 0 Å². The molecule has 0 bridgehead atoms. The standard InChI is InChI=1S/C11H20N6OS/c1-16-6-3-4-9(16)8-12-10(18)5-7-19-11-13-14-15-17(11)2/h9H,3-8H2,1-2H3,(H,12,18). The molecule has 106 valence electrons. The van der Waals surface area contributed by atoms with Crippen molar-refractivity contribution in [2.45, 2.75) is 30.5 Å². The third-order valence-electron chi connectivity index (χ3n) is 3.35. The van der Waals surface area contributed by atoms with Gasteiger partial charge >= 0.3 is 0 Å². The lowest BCUT2D eigenvalue weighted by Gasteiger charge is -2.19. The Hall–Kier alpha value is -1.15. The van der Waals surface area contributed by atoms with Crippen LogP contribution in [-0.2, 0) is 11.8 Å². The average Bonchev–Trinajstić information content (AvgIpc) is 2.97. The molecular formula is C11H20N6OS. The summed E-state index contributed by atoms with van der Waals surface area (Å²) in [5.74, 6) is 0.795. The average molecular weight is 284 g/mol. The van der Waals surface area contributed by atoms with Gasteiger partial charge in [-0.3, -0.25) is 4.79 Å². The number of amides is 1. The Morgan fingerprint density at radius 3 is 3.00 bits per heavy atom. The molecule has 2 heterocycles. The highest BCUT2D eigenvalue weighted by Crippen LogP contribution is 2.14. The van der Waals surface area contributed by atoms with E-state index in [1.165, 1.54) is 24.6 Å². The minimum absolute atomic E-state index is 0.0999.